The Balaban J connectivity index is 1.56. The van der Waals surface area contributed by atoms with E-state index in [1.165, 1.54) is 0 Å². The summed E-state index contributed by atoms with van der Waals surface area (Å²) in [5.41, 5.74) is 1.95. The molecule has 0 saturated carbocycles. The van der Waals surface area contributed by atoms with Crippen LogP contribution in [-0.4, -0.2) is 16.6 Å². The first-order valence-electron chi connectivity index (χ1n) is 7.62. The monoisotopic (exact) mass is 284 g/mol. The number of aromatic nitrogens is 2. The van der Waals surface area contributed by atoms with Crippen LogP contribution in [0.5, 0.6) is 5.75 Å². The number of para-hydroxylation sites is 1. The molecule has 0 radical (unpaired) electrons. The summed E-state index contributed by atoms with van der Waals surface area (Å²) in [4.78, 5) is 19.5. The van der Waals surface area contributed by atoms with Crippen molar-refractivity contribution in [2.24, 2.45) is 0 Å². The number of benzene rings is 1. The number of fused-ring (bicyclic) bond motifs is 1. The molecule has 1 aliphatic rings. The van der Waals surface area contributed by atoms with Gasteiger partial charge in [-0.05, 0) is 44.2 Å². The molecule has 4 nitrogen and oxygen atoms in total. The van der Waals surface area contributed by atoms with Crippen LogP contribution in [-0.2, 0) is 19.3 Å². The molecule has 0 unspecified atom stereocenters. The fraction of sp³-hybridized carbons (Fsp3) is 0.412. The molecule has 110 valence electrons. The van der Waals surface area contributed by atoms with E-state index in [9.17, 15) is 4.79 Å². The minimum absolute atomic E-state index is 0.0543. The van der Waals surface area contributed by atoms with Crippen LogP contribution in [0.3, 0.4) is 0 Å². The van der Waals surface area contributed by atoms with Crippen molar-refractivity contribution < 1.29 is 4.74 Å². The van der Waals surface area contributed by atoms with Gasteiger partial charge in [-0.2, -0.15) is 0 Å². The zero-order valence-electron chi connectivity index (χ0n) is 12.1. The molecule has 0 atom stereocenters. The van der Waals surface area contributed by atoms with Gasteiger partial charge in [0.25, 0.3) is 5.56 Å². The second-order valence-electron chi connectivity index (χ2n) is 5.41. The van der Waals surface area contributed by atoms with E-state index >= 15 is 0 Å². The summed E-state index contributed by atoms with van der Waals surface area (Å²) in [7, 11) is 0. The molecule has 0 bridgehead atoms. The lowest BCUT2D eigenvalue weighted by Gasteiger charge is -2.14. The number of hydrogen-bond donors (Lipinski definition) is 1. The Hall–Kier alpha value is -2.10. The quantitative estimate of drug-likeness (QED) is 0.859. The van der Waals surface area contributed by atoms with E-state index in [-0.39, 0.29) is 5.56 Å². The van der Waals surface area contributed by atoms with Crippen LogP contribution in [0.1, 0.15) is 36.3 Å². The van der Waals surface area contributed by atoms with Crippen LogP contribution in [0, 0.1) is 0 Å². The van der Waals surface area contributed by atoms with Gasteiger partial charge >= 0.3 is 0 Å². The number of rotatable bonds is 5. The fourth-order valence-corrected chi connectivity index (χ4v) is 2.72. The van der Waals surface area contributed by atoms with Crippen molar-refractivity contribution in [1.82, 2.24) is 9.97 Å². The smallest absolute Gasteiger partial charge is 0.254 e. The molecule has 4 heteroatoms. The molecule has 1 N–H and O–H groups in total. The van der Waals surface area contributed by atoms with Crippen LogP contribution < -0.4 is 10.3 Å². The molecule has 1 aliphatic carbocycles. The summed E-state index contributed by atoms with van der Waals surface area (Å²) in [6.07, 6.45) is 5.63. The van der Waals surface area contributed by atoms with Gasteiger partial charge in [-0.1, -0.05) is 18.2 Å². The highest BCUT2D eigenvalue weighted by Crippen LogP contribution is 2.16. The van der Waals surface area contributed by atoms with Gasteiger partial charge in [-0.15, -0.1) is 0 Å². The van der Waals surface area contributed by atoms with Crippen LogP contribution in [0.25, 0.3) is 0 Å². The van der Waals surface area contributed by atoms with E-state index in [0.29, 0.717) is 6.61 Å². The van der Waals surface area contributed by atoms with Gasteiger partial charge in [-0.25, -0.2) is 4.98 Å². The standard InChI is InChI=1S/C17H20N2O2/c20-17-14-9-4-5-10-15(14)18-16(19-17)11-6-12-21-13-7-2-1-3-8-13/h1-3,7-8H,4-6,9-12H2,(H,18,19,20). The fourth-order valence-electron chi connectivity index (χ4n) is 2.72. The zero-order valence-corrected chi connectivity index (χ0v) is 12.1. The number of aryl methyl sites for hydroxylation is 2. The third kappa shape index (κ3) is 3.51. The average Bonchev–Trinajstić information content (AvgIpc) is 2.53. The lowest BCUT2D eigenvalue weighted by Crippen LogP contribution is -2.23. The average molecular weight is 284 g/mol. The number of nitrogens with zero attached hydrogens (tertiary/aromatic N) is 1. The SMILES string of the molecule is O=c1[nH]c(CCCOc2ccccc2)nc2c1CCCC2. The highest BCUT2D eigenvalue weighted by atomic mass is 16.5. The Kier molecular flexibility index (Phi) is 4.34. The van der Waals surface area contributed by atoms with Gasteiger partial charge in [0.2, 0.25) is 0 Å². The van der Waals surface area contributed by atoms with Crippen LogP contribution in [0.2, 0.25) is 0 Å². The van der Waals surface area contributed by atoms with Crippen LogP contribution >= 0.6 is 0 Å². The summed E-state index contributed by atoms with van der Waals surface area (Å²) in [5, 5.41) is 0. The summed E-state index contributed by atoms with van der Waals surface area (Å²) in [5.74, 6) is 1.67. The molecule has 0 amide bonds. The summed E-state index contributed by atoms with van der Waals surface area (Å²) in [6.45, 7) is 0.630. The first kappa shape index (κ1) is 13.9. The first-order chi connectivity index (χ1) is 10.3. The van der Waals surface area contributed by atoms with E-state index in [4.69, 9.17) is 4.74 Å². The van der Waals surface area contributed by atoms with Gasteiger partial charge in [0.05, 0.1) is 12.3 Å². The maximum Gasteiger partial charge on any atom is 0.254 e. The van der Waals surface area contributed by atoms with Crippen molar-refractivity contribution in [3.63, 3.8) is 0 Å². The van der Waals surface area contributed by atoms with E-state index < -0.39 is 0 Å². The maximum atomic E-state index is 12.0. The lowest BCUT2D eigenvalue weighted by atomic mass is 9.97. The Morgan fingerprint density at radius 1 is 1.14 bits per heavy atom. The Labute approximate surface area is 124 Å². The van der Waals surface area contributed by atoms with Crippen LogP contribution in [0.15, 0.2) is 35.1 Å². The van der Waals surface area contributed by atoms with Gasteiger partial charge < -0.3 is 9.72 Å². The number of H-pyrrole nitrogens is 1. The number of hydrogen-bond acceptors (Lipinski definition) is 3. The second-order valence-corrected chi connectivity index (χ2v) is 5.41. The van der Waals surface area contributed by atoms with Crippen molar-refractivity contribution in [1.29, 1.82) is 0 Å². The Bertz CT molecular complexity index is 650. The molecule has 2 aromatic rings. The highest BCUT2D eigenvalue weighted by Gasteiger charge is 2.15. The molecule has 1 aromatic carbocycles. The van der Waals surface area contributed by atoms with E-state index in [2.05, 4.69) is 9.97 Å². The predicted molar refractivity (Wildman–Crippen MR) is 81.8 cm³/mol. The lowest BCUT2D eigenvalue weighted by molar-refractivity contribution is 0.309. The van der Waals surface area contributed by atoms with Crippen molar-refractivity contribution >= 4 is 0 Å². The van der Waals surface area contributed by atoms with E-state index in [1.54, 1.807) is 0 Å². The zero-order chi connectivity index (χ0) is 14.5. The summed E-state index contributed by atoms with van der Waals surface area (Å²) >= 11 is 0. The van der Waals surface area contributed by atoms with Gasteiger partial charge in [-0.3, -0.25) is 4.79 Å². The number of nitrogens with one attached hydrogen (secondary N) is 1. The molecule has 0 spiro atoms. The predicted octanol–water partition coefficient (Wildman–Crippen LogP) is 2.66. The molecular weight excluding hydrogens is 264 g/mol. The molecule has 1 aromatic heterocycles. The normalized spacial score (nSPS) is 13.7. The van der Waals surface area contributed by atoms with Crippen molar-refractivity contribution in [2.45, 2.75) is 38.5 Å². The van der Waals surface area contributed by atoms with Crippen molar-refractivity contribution in [2.75, 3.05) is 6.61 Å². The Morgan fingerprint density at radius 2 is 1.95 bits per heavy atom. The molecule has 0 saturated heterocycles. The highest BCUT2D eigenvalue weighted by molar-refractivity contribution is 5.21. The third-order valence-electron chi connectivity index (χ3n) is 3.81. The van der Waals surface area contributed by atoms with Crippen molar-refractivity contribution in [3.8, 4) is 5.75 Å². The van der Waals surface area contributed by atoms with Gasteiger partial charge in [0.15, 0.2) is 0 Å². The first-order valence-corrected chi connectivity index (χ1v) is 7.62. The summed E-state index contributed by atoms with van der Waals surface area (Å²) in [6, 6.07) is 9.77. The third-order valence-corrected chi connectivity index (χ3v) is 3.81. The van der Waals surface area contributed by atoms with Crippen LogP contribution in [0.4, 0.5) is 0 Å². The largest absolute Gasteiger partial charge is 0.494 e. The van der Waals surface area contributed by atoms with E-state index in [1.807, 2.05) is 30.3 Å². The number of aromatic amines is 1. The summed E-state index contributed by atoms with van der Waals surface area (Å²) < 4.78 is 5.65. The van der Waals surface area contributed by atoms with E-state index in [0.717, 1.165) is 61.4 Å². The molecule has 3 rings (SSSR count). The Morgan fingerprint density at radius 3 is 2.81 bits per heavy atom. The molecule has 1 heterocycles. The number of ether oxygens (including phenoxy) is 1. The van der Waals surface area contributed by atoms with Gasteiger partial charge in [0.1, 0.15) is 11.6 Å². The van der Waals surface area contributed by atoms with Gasteiger partial charge in [0, 0.05) is 12.0 Å². The minimum atomic E-state index is 0.0543. The minimum Gasteiger partial charge on any atom is -0.494 e. The van der Waals surface area contributed by atoms with Crippen molar-refractivity contribution in [3.05, 3.63) is 57.8 Å². The molecular formula is C17H20N2O2. The maximum absolute atomic E-state index is 12.0. The topological polar surface area (TPSA) is 55.0 Å². The molecule has 0 aliphatic heterocycles. The molecule has 21 heavy (non-hydrogen) atoms. The molecule has 0 fully saturated rings. The second kappa shape index (κ2) is 6.57.